The third-order valence-electron chi connectivity index (χ3n) is 3.90. The van der Waals surface area contributed by atoms with Crippen LogP contribution in [0, 0.1) is 0 Å². The first-order valence-electron chi connectivity index (χ1n) is 6.93. The van der Waals surface area contributed by atoms with E-state index in [9.17, 15) is 0 Å². The van der Waals surface area contributed by atoms with Crippen molar-refractivity contribution in [2.24, 2.45) is 0 Å². The molecule has 1 aromatic carbocycles. The number of hydrogen-bond donors (Lipinski definition) is 1. The lowest BCUT2D eigenvalue weighted by Gasteiger charge is -2.27. The zero-order valence-corrected chi connectivity index (χ0v) is 14.5. The summed E-state index contributed by atoms with van der Waals surface area (Å²) in [6.45, 7) is 2.22. The Morgan fingerprint density at radius 1 is 1.35 bits per heavy atom. The molecule has 106 valence electrons. The summed E-state index contributed by atoms with van der Waals surface area (Å²) in [4.78, 5) is 1.53. The van der Waals surface area contributed by atoms with Gasteiger partial charge in [0.15, 0.2) is 0 Å². The van der Waals surface area contributed by atoms with E-state index in [2.05, 4.69) is 46.4 Å². The molecular weight excluding hydrogens is 354 g/mol. The molecule has 0 amide bonds. The Hall–Kier alpha value is -0.350. The van der Waals surface area contributed by atoms with Gasteiger partial charge >= 0.3 is 0 Å². The van der Waals surface area contributed by atoms with Gasteiger partial charge in [-0.3, -0.25) is 0 Å². The van der Waals surface area contributed by atoms with Crippen LogP contribution in [0.5, 0.6) is 0 Å². The molecule has 0 saturated carbocycles. The standard InChI is InChI=1S/C16H17BrClNS/c1-10(11-5-7-12(18)8-6-11)19-14-3-2-4-15-13(14)9-16(17)20-15/h5-10,14,19H,2-4H2,1H3. The van der Waals surface area contributed by atoms with E-state index in [0.29, 0.717) is 12.1 Å². The largest absolute Gasteiger partial charge is 0.303 e. The first-order valence-corrected chi connectivity index (χ1v) is 8.92. The Bertz CT molecular complexity index is 593. The first-order chi connectivity index (χ1) is 9.63. The van der Waals surface area contributed by atoms with Crippen LogP contribution in [-0.4, -0.2) is 0 Å². The fourth-order valence-electron chi connectivity index (χ4n) is 2.84. The Morgan fingerprint density at radius 3 is 2.85 bits per heavy atom. The summed E-state index contributed by atoms with van der Waals surface area (Å²) < 4.78 is 1.25. The summed E-state index contributed by atoms with van der Waals surface area (Å²) in [7, 11) is 0. The molecule has 0 spiro atoms. The zero-order valence-electron chi connectivity index (χ0n) is 11.3. The first kappa shape index (κ1) is 14.6. The molecule has 2 atom stereocenters. The van der Waals surface area contributed by atoms with Crippen LogP contribution in [0.15, 0.2) is 34.1 Å². The second-order valence-corrected chi connectivity index (χ2v) is 8.27. The number of hydrogen-bond acceptors (Lipinski definition) is 2. The maximum absolute atomic E-state index is 5.95. The molecule has 0 radical (unpaired) electrons. The molecule has 3 rings (SSSR count). The number of halogens is 2. The number of fused-ring (bicyclic) bond motifs is 1. The van der Waals surface area contributed by atoms with E-state index >= 15 is 0 Å². The van der Waals surface area contributed by atoms with Crippen LogP contribution in [0.2, 0.25) is 5.02 Å². The van der Waals surface area contributed by atoms with E-state index in [1.54, 1.807) is 0 Å². The van der Waals surface area contributed by atoms with Crippen molar-refractivity contribution in [2.45, 2.75) is 38.3 Å². The molecule has 1 aromatic heterocycles. The molecule has 1 aliphatic carbocycles. The highest BCUT2D eigenvalue weighted by molar-refractivity contribution is 9.11. The topological polar surface area (TPSA) is 12.0 Å². The molecule has 1 nitrogen and oxygen atoms in total. The summed E-state index contributed by atoms with van der Waals surface area (Å²) in [5.41, 5.74) is 2.77. The lowest BCUT2D eigenvalue weighted by molar-refractivity contribution is 0.418. The summed E-state index contributed by atoms with van der Waals surface area (Å²) >= 11 is 11.4. The number of aryl methyl sites for hydroxylation is 1. The summed E-state index contributed by atoms with van der Waals surface area (Å²) in [6.07, 6.45) is 3.71. The van der Waals surface area contributed by atoms with E-state index in [-0.39, 0.29) is 0 Å². The average Bonchev–Trinajstić information content (AvgIpc) is 2.81. The maximum atomic E-state index is 5.95. The number of nitrogens with one attached hydrogen (secondary N) is 1. The summed E-state index contributed by atoms with van der Waals surface area (Å²) in [5.74, 6) is 0. The second kappa shape index (κ2) is 6.18. The molecule has 0 fully saturated rings. The van der Waals surface area contributed by atoms with Gasteiger partial charge in [-0.05, 0) is 71.4 Å². The normalized spacial score (nSPS) is 19.6. The minimum Gasteiger partial charge on any atom is -0.303 e. The van der Waals surface area contributed by atoms with Gasteiger partial charge in [-0.1, -0.05) is 23.7 Å². The molecule has 2 unspecified atom stereocenters. The smallest absolute Gasteiger partial charge is 0.0704 e. The number of rotatable bonds is 3. The monoisotopic (exact) mass is 369 g/mol. The Labute approximate surface area is 137 Å². The van der Waals surface area contributed by atoms with Crippen molar-refractivity contribution in [1.82, 2.24) is 5.32 Å². The molecule has 2 aromatic rings. The molecule has 0 bridgehead atoms. The van der Waals surface area contributed by atoms with Crippen molar-refractivity contribution in [3.8, 4) is 0 Å². The van der Waals surface area contributed by atoms with E-state index in [4.69, 9.17) is 11.6 Å². The van der Waals surface area contributed by atoms with Crippen molar-refractivity contribution in [3.63, 3.8) is 0 Å². The summed E-state index contributed by atoms with van der Waals surface area (Å²) in [6, 6.07) is 11.2. The Kier molecular flexibility index (Phi) is 4.51. The lowest BCUT2D eigenvalue weighted by atomic mass is 9.93. The van der Waals surface area contributed by atoms with Gasteiger partial charge in [0.25, 0.3) is 0 Å². The Balaban J connectivity index is 1.76. The van der Waals surface area contributed by atoms with Gasteiger partial charge in [-0.15, -0.1) is 11.3 Å². The van der Waals surface area contributed by atoms with Crippen LogP contribution in [0.4, 0.5) is 0 Å². The van der Waals surface area contributed by atoms with Crippen molar-refractivity contribution < 1.29 is 0 Å². The van der Waals surface area contributed by atoms with Crippen molar-refractivity contribution >= 4 is 38.9 Å². The predicted octanol–water partition coefficient (Wildman–Crippen LogP) is 5.89. The highest BCUT2D eigenvalue weighted by Gasteiger charge is 2.24. The highest BCUT2D eigenvalue weighted by atomic mass is 79.9. The summed E-state index contributed by atoms with van der Waals surface area (Å²) in [5, 5.41) is 4.56. The van der Waals surface area contributed by atoms with Crippen molar-refractivity contribution in [2.75, 3.05) is 0 Å². The van der Waals surface area contributed by atoms with Crippen molar-refractivity contribution in [1.29, 1.82) is 0 Å². The van der Waals surface area contributed by atoms with E-state index < -0.39 is 0 Å². The van der Waals surface area contributed by atoms with Crippen LogP contribution < -0.4 is 5.32 Å². The van der Waals surface area contributed by atoms with Crippen LogP contribution >= 0.6 is 38.9 Å². The molecule has 1 heterocycles. The van der Waals surface area contributed by atoms with Gasteiger partial charge in [0.2, 0.25) is 0 Å². The minimum atomic E-state index is 0.335. The predicted molar refractivity (Wildman–Crippen MR) is 90.7 cm³/mol. The van der Waals surface area contributed by atoms with Crippen LogP contribution in [-0.2, 0) is 6.42 Å². The van der Waals surface area contributed by atoms with Gasteiger partial charge < -0.3 is 5.32 Å². The quantitative estimate of drug-likeness (QED) is 0.710. The molecule has 20 heavy (non-hydrogen) atoms. The van der Waals surface area contributed by atoms with Gasteiger partial charge in [-0.25, -0.2) is 0 Å². The van der Waals surface area contributed by atoms with Gasteiger partial charge in [0, 0.05) is 22.0 Å². The molecule has 0 aliphatic heterocycles. The molecule has 4 heteroatoms. The SMILES string of the molecule is CC(NC1CCCc2sc(Br)cc21)c1ccc(Cl)cc1. The highest BCUT2D eigenvalue weighted by Crippen LogP contribution is 2.38. The third kappa shape index (κ3) is 3.11. The molecular formula is C16H17BrClNS. The van der Waals surface area contributed by atoms with Crippen molar-refractivity contribution in [3.05, 3.63) is 55.1 Å². The van der Waals surface area contributed by atoms with E-state index in [1.165, 1.54) is 39.1 Å². The second-order valence-electron chi connectivity index (χ2n) is 5.31. The van der Waals surface area contributed by atoms with Crippen LogP contribution in [0.3, 0.4) is 0 Å². The Morgan fingerprint density at radius 2 is 2.10 bits per heavy atom. The third-order valence-corrected chi connectivity index (χ3v) is 5.87. The van der Waals surface area contributed by atoms with E-state index in [1.807, 2.05) is 23.5 Å². The fourth-order valence-corrected chi connectivity index (χ4v) is 4.79. The average molecular weight is 371 g/mol. The molecule has 0 saturated heterocycles. The zero-order chi connectivity index (χ0) is 14.1. The van der Waals surface area contributed by atoms with Crippen LogP contribution in [0.25, 0.3) is 0 Å². The maximum Gasteiger partial charge on any atom is 0.0704 e. The number of benzene rings is 1. The lowest BCUT2D eigenvalue weighted by Crippen LogP contribution is -2.27. The van der Waals surface area contributed by atoms with Gasteiger partial charge in [-0.2, -0.15) is 0 Å². The number of thiophene rings is 1. The minimum absolute atomic E-state index is 0.335. The van der Waals surface area contributed by atoms with E-state index in [0.717, 1.165) is 5.02 Å². The molecule has 1 N–H and O–H groups in total. The molecule has 1 aliphatic rings. The van der Waals surface area contributed by atoms with Gasteiger partial charge in [0.1, 0.15) is 0 Å². The fraction of sp³-hybridized carbons (Fsp3) is 0.375. The van der Waals surface area contributed by atoms with Crippen LogP contribution in [0.1, 0.15) is 47.9 Å². The van der Waals surface area contributed by atoms with Gasteiger partial charge in [0.05, 0.1) is 3.79 Å².